The molecule has 3 nitrogen and oxygen atoms in total. The second kappa shape index (κ2) is 4.38. The zero-order chi connectivity index (χ0) is 10.7. The van der Waals surface area contributed by atoms with Crippen molar-refractivity contribution in [2.75, 3.05) is 14.2 Å². The van der Waals surface area contributed by atoms with Crippen LogP contribution >= 0.6 is 0 Å². The maximum Gasteiger partial charge on any atom is 0.200 e. The molecule has 2 aromatic rings. The Balaban J connectivity index is 2.46. The average molecular weight is 203 g/mol. The lowest BCUT2D eigenvalue weighted by atomic mass is 10.1. The minimum absolute atomic E-state index is 0.394. The molecule has 0 amide bonds. The van der Waals surface area contributed by atoms with Gasteiger partial charge in [-0.15, -0.1) is 0 Å². The summed E-state index contributed by atoms with van der Waals surface area (Å²) in [7, 11) is 3.20. The average Bonchev–Trinajstić information content (AvgIpc) is 2.30. The van der Waals surface area contributed by atoms with Crippen LogP contribution in [0.3, 0.4) is 0 Å². The maximum absolute atomic E-state index is 5.15. The number of ether oxygens (including phenoxy) is 2. The molecule has 0 unspecified atom stereocenters. The molecular formula is C12H13NO2. The number of fused-ring (bicyclic) bond motifs is 1. The van der Waals surface area contributed by atoms with Gasteiger partial charge in [0.25, 0.3) is 0 Å². The van der Waals surface area contributed by atoms with E-state index in [0.717, 1.165) is 16.5 Å². The summed E-state index contributed by atoms with van der Waals surface area (Å²) in [6.07, 6.45) is 1.44. The highest BCUT2D eigenvalue weighted by Crippen LogP contribution is 2.19. The highest BCUT2D eigenvalue weighted by atomic mass is 16.7. The largest absolute Gasteiger partial charge is 0.350 e. The van der Waals surface area contributed by atoms with E-state index in [1.165, 1.54) is 0 Å². The van der Waals surface area contributed by atoms with Gasteiger partial charge >= 0.3 is 0 Å². The first-order valence-corrected chi connectivity index (χ1v) is 4.75. The number of rotatable bonds is 3. The van der Waals surface area contributed by atoms with Crippen LogP contribution in [0.5, 0.6) is 0 Å². The van der Waals surface area contributed by atoms with E-state index in [4.69, 9.17) is 9.47 Å². The molecule has 78 valence electrons. The molecule has 0 spiro atoms. The molecule has 1 aromatic heterocycles. The second-order valence-electron chi connectivity index (χ2n) is 3.26. The van der Waals surface area contributed by atoms with Gasteiger partial charge in [0.2, 0.25) is 6.29 Å². The number of aromatic nitrogens is 1. The van der Waals surface area contributed by atoms with Crippen LogP contribution in [-0.4, -0.2) is 19.2 Å². The monoisotopic (exact) mass is 203 g/mol. The van der Waals surface area contributed by atoms with Gasteiger partial charge in [0.15, 0.2) is 0 Å². The molecule has 3 heteroatoms. The van der Waals surface area contributed by atoms with Crippen molar-refractivity contribution in [1.82, 2.24) is 4.98 Å². The summed E-state index contributed by atoms with van der Waals surface area (Å²) in [6.45, 7) is 0. The number of hydrogen-bond donors (Lipinski definition) is 0. The van der Waals surface area contributed by atoms with Gasteiger partial charge in [0.05, 0.1) is 5.69 Å². The Bertz CT molecular complexity index is 452. The van der Waals surface area contributed by atoms with Crippen LogP contribution in [0.4, 0.5) is 0 Å². The molecule has 0 radical (unpaired) electrons. The van der Waals surface area contributed by atoms with Crippen molar-refractivity contribution in [1.29, 1.82) is 0 Å². The third kappa shape index (κ3) is 1.98. The van der Waals surface area contributed by atoms with E-state index in [1.54, 1.807) is 14.2 Å². The van der Waals surface area contributed by atoms with Gasteiger partial charge < -0.3 is 9.47 Å². The number of nitrogens with zero attached hydrogens (tertiary/aromatic N) is 1. The molecule has 1 aromatic carbocycles. The van der Waals surface area contributed by atoms with Gasteiger partial charge in [-0.05, 0) is 11.5 Å². The maximum atomic E-state index is 5.15. The minimum atomic E-state index is -0.394. The van der Waals surface area contributed by atoms with Crippen molar-refractivity contribution in [3.05, 3.63) is 42.2 Å². The quantitative estimate of drug-likeness (QED) is 0.718. The molecule has 0 aliphatic carbocycles. The highest BCUT2D eigenvalue weighted by Gasteiger charge is 2.10. The van der Waals surface area contributed by atoms with Crippen LogP contribution in [-0.2, 0) is 9.47 Å². The van der Waals surface area contributed by atoms with E-state index >= 15 is 0 Å². The molecule has 0 aliphatic rings. The van der Waals surface area contributed by atoms with Crippen molar-refractivity contribution in [2.24, 2.45) is 0 Å². The molecule has 0 fully saturated rings. The van der Waals surface area contributed by atoms with Crippen molar-refractivity contribution < 1.29 is 9.47 Å². The Morgan fingerprint density at radius 2 is 1.73 bits per heavy atom. The van der Waals surface area contributed by atoms with Crippen molar-refractivity contribution in [3.8, 4) is 0 Å². The Morgan fingerprint density at radius 1 is 1.07 bits per heavy atom. The third-order valence-electron chi connectivity index (χ3n) is 2.32. The Hall–Kier alpha value is -1.45. The van der Waals surface area contributed by atoms with E-state index in [-0.39, 0.29) is 0 Å². The number of pyridine rings is 1. The van der Waals surface area contributed by atoms with Gasteiger partial charge in [-0.2, -0.15) is 0 Å². The molecule has 0 saturated carbocycles. The first-order valence-electron chi connectivity index (χ1n) is 4.75. The summed E-state index contributed by atoms with van der Waals surface area (Å²) >= 11 is 0. The molecule has 0 aliphatic heterocycles. The SMILES string of the molecule is COC(OC)c1cc2ccccc2cn1. The van der Waals surface area contributed by atoms with Crippen molar-refractivity contribution in [2.45, 2.75) is 6.29 Å². The van der Waals surface area contributed by atoms with E-state index in [0.29, 0.717) is 0 Å². The van der Waals surface area contributed by atoms with Gasteiger partial charge in [0, 0.05) is 25.8 Å². The second-order valence-corrected chi connectivity index (χ2v) is 3.26. The topological polar surface area (TPSA) is 31.4 Å². The number of hydrogen-bond acceptors (Lipinski definition) is 3. The van der Waals surface area contributed by atoms with Crippen LogP contribution < -0.4 is 0 Å². The van der Waals surface area contributed by atoms with Gasteiger partial charge in [-0.3, -0.25) is 4.98 Å². The zero-order valence-corrected chi connectivity index (χ0v) is 8.81. The summed E-state index contributed by atoms with van der Waals surface area (Å²) in [5.74, 6) is 0. The number of benzene rings is 1. The summed E-state index contributed by atoms with van der Waals surface area (Å²) < 4.78 is 10.3. The van der Waals surface area contributed by atoms with Gasteiger partial charge in [0.1, 0.15) is 0 Å². The van der Waals surface area contributed by atoms with Crippen molar-refractivity contribution in [3.63, 3.8) is 0 Å². The van der Waals surface area contributed by atoms with Crippen LogP contribution in [0.15, 0.2) is 36.5 Å². The predicted octanol–water partition coefficient (Wildman–Crippen LogP) is 2.53. The van der Waals surface area contributed by atoms with Gasteiger partial charge in [-0.25, -0.2) is 0 Å². The Labute approximate surface area is 88.7 Å². The Morgan fingerprint density at radius 3 is 2.40 bits per heavy atom. The van der Waals surface area contributed by atoms with Crippen LogP contribution in [0.25, 0.3) is 10.8 Å². The fourth-order valence-electron chi connectivity index (χ4n) is 1.57. The van der Waals surface area contributed by atoms with E-state index < -0.39 is 6.29 Å². The summed E-state index contributed by atoms with van der Waals surface area (Å²) in [6, 6.07) is 10.0. The standard InChI is InChI=1S/C12H13NO2/c1-14-12(15-2)11-7-9-5-3-4-6-10(9)8-13-11/h3-8,12H,1-2H3. The summed E-state index contributed by atoms with van der Waals surface area (Å²) in [5.41, 5.74) is 0.790. The molecule has 0 saturated heterocycles. The lowest BCUT2D eigenvalue weighted by Gasteiger charge is -2.12. The smallest absolute Gasteiger partial charge is 0.200 e. The fraction of sp³-hybridized carbons (Fsp3) is 0.250. The molecule has 1 heterocycles. The van der Waals surface area contributed by atoms with Gasteiger partial charge in [-0.1, -0.05) is 24.3 Å². The first kappa shape index (κ1) is 10.1. The van der Waals surface area contributed by atoms with E-state index in [9.17, 15) is 0 Å². The number of methoxy groups -OCH3 is 2. The lowest BCUT2D eigenvalue weighted by Crippen LogP contribution is -2.05. The van der Waals surface area contributed by atoms with Crippen LogP contribution in [0, 0.1) is 0 Å². The fourth-order valence-corrected chi connectivity index (χ4v) is 1.57. The third-order valence-corrected chi connectivity index (χ3v) is 2.32. The molecule has 0 N–H and O–H groups in total. The lowest BCUT2D eigenvalue weighted by molar-refractivity contribution is -0.108. The molecular weight excluding hydrogens is 190 g/mol. The van der Waals surface area contributed by atoms with Crippen LogP contribution in [0.1, 0.15) is 12.0 Å². The minimum Gasteiger partial charge on any atom is -0.350 e. The molecule has 15 heavy (non-hydrogen) atoms. The van der Waals surface area contributed by atoms with Crippen LogP contribution in [0.2, 0.25) is 0 Å². The normalized spacial score (nSPS) is 11.1. The molecule has 2 rings (SSSR count). The Kier molecular flexibility index (Phi) is 2.94. The first-order chi connectivity index (χ1) is 7.35. The van der Waals surface area contributed by atoms with E-state index in [2.05, 4.69) is 4.98 Å². The van der Waals surface area contributed by atoms with E-state index in [1.807, 2.05) is 36.5 Å². The molecule has 0 atom stereocenters. The molecule has 0 bridgehead atoms. The highest BCUT2D eigenvalue weighted by molar-refractivity contribution is 5.81. The summed E-state index contributed by atoms with van der Waals surface area (Å²) in [5, 5.41) is 2.26. The van der Waals surface area contributed by atoms with Crippen molar-refractivity contribution >= 4 is 10.8 Å². The predicted molar refractivity (Wildman–Crippen MR) is 58.5 cm³/mol. The zero-order valence-electron chi connectivity index (χ0n) is 8.81. The summed E-state index contributed by atoms with van der Waals surface area (Å²) in [4.78, 5) is 4.30.